The van der Waals surface area contributed by atoms with Crippen molar-refractivity contribution in [2.24, 2.45) is 5.14 Å². The molecule has 0 aliphatic rings. The third-order valence-electron chi connectivity index (χ3n) is 6.81. The van der Waals surface area contributed by atoms with E-state index in [1.165, 1.54) is 63.4 Å². The van der Waals surface area contributed by atoms with Crippen LogP contribution in [0.5, 0.6) is 17.2 Å². The highest BCUT2D eigenvalue weighted by molar-refractivity contribution is 8.00. The molecule has 0 aliphatic heterocycles. The number of sulfonamides is 1. The van der Waals surface area contributed by atoms with Crippen LogP contribution in [-0.4, -0.2) is 52.7 Å². The van der Waals surface area contributed by atoms with E-state index < -0.39 is 27.1 Å². The summed E-state index contributed by atoms with van der Waals surface area (Å²) < 4.78 is 39.2. The minimum Gasteiger partial charge on any atom is -0.496 e. The molecule has 0 heterocycles. The number of nitrogens with one attached hydrogen (secondary N) is 3. The molecule has 0 spiro atoms. The number of carbonyl (C=O) groups is 3. The van der Waals surface area contributed by atoms with Crippen molar-refractivity contribution in [2.45, 2.75) is 22.0 Å². The predicted molar refractivity (Wildman–Crippen MR) is 185 cm³/mol. The second-order valence-electron chi connectivity index (χ2n) is 10.1. The fourth-order valence-electron chi connectivity index (χ4n) is 4.31. The molecule has 4 aromatic carbocycles. The molecule has 4 rings (SSSR count). The molecule has 1 unspecified atom stereocenters. The first-order valence-corrected chi connectivity index (χ1v) is 16.7. The molecule has 3 amide bonds. The Morgan fingerprint density at radius 3 is 1.92 bits per heavy atom. The molecular weight excluding hydrogens is 657 g/mol. The van der Waals surface area contributed by atoms with Crippen LogP contribution in [0.2, 0.25) is 0 Å². The maximum atomic E-state index is 13.6. The molecular formula is C34H34N4O8S2. The van der Waals surface area contributed by atoms with Crippen molar-refractivity contribution in [3.05, 3.63) is 108 Å². The molecule has 48 heavy (non-hydrogen) atoms. The van der Waals surface area contributed by atoms with Crippen molar-refractivity contribution in [1.82, 2.24) is 5.32 Å². The minimum atomic E-state index is -3.84. The molecule has 14 heteroatoms. The Bertz CT molecular complexity index is 1920. The maximum Gasteiger partial charge on any atom is 0.272 e. The van der Waals surface area contributed by atoms with Crippen LogP contribution in [0.4, 0.5) is 11.4 Å². The Hall–Kier alpha value is -5.31. The SMILES string of the molecule is COc1cc(OC)c(OC)cc1/C=C(\NC(=O)c1ccccc1)C(=O)Nc1ccc(SC(C)C(=O)Nc2ccc(S(N)(=O)=O)cc2)cc1. The number of carbonyl (C=O) groups excluding carboxylic acids is 3. The zero-order valence-corrected chi connectivity index (χ0v) is 28.1. The van der Waals surface area contributed by atoms with Gasteiger partial charge in [-0.05, 0) is 79.7 Å². The zero-order valence-electron chi connectivity index (χ0n) is 26.5. The van der Waals surface area contributed by atoms with Gasteiger partial charge in [-0.2, -0.15) is 0 Å². The summed E-state index contributed by atoms with van der Waals surface area (Å²) in [5, 5.41) is 12.9. The fourth-order valence-corrected chi connectivity index (χ4v) is 5.69. The van der Waals surface area contributed by atoms with E-state index >= 15 is 0 Å². The van der Waals surface area contributed by atoms with Gasteiger partial charge >= 0.3 is 0 Å². The van der Waals surface area contributed by atoms with Crippen molar-refractivity contribution >= 4 is 57.0 Å². The number of amides is 3. The molecule has 1 atom stereocenters. The number of thioether (sulfide) groups is 1. The number of methoxy groups -OCH3 is 3. The molecule has 0 fully saturated rings. The van der Waals surface area contributed by atoms with Crippen molar-refractivity contribution in [1.29, 1.82) is 0 Å². The quantitative estimate of drug-likeness (QED) is 0.112. The fraction of sp³-hybridized carbons (Fsp3) is 0.147. The van der Waals surface area contributed by atoms with Crippen molar-refractivity contribution in [3.8, 4) is 17.2 Å². The van der Waals surface area contributed by atoms with Crippen LogP contribution in [0.1, 0.15) is 22.8 Å². The van der Waals surface area contributed by atoms with E-state index in [0.29, 0.717) is 39.8 Å². The number of rotatable bonds is 13. The number of hydrogen-bond donors (Lipinski definition) is 4. The Kier molecular flexibility index (Phi) is 11.8. The minimum absolute atomic E-state index is 0.0584. The number of benzene rings is 4. The molecule has 0 aromatic heterocycles. The third kappa shape index (κ3) is 9.37. The molecule has 4 aromatic rings. The second kappa shape index (κ2) is 16.0. The zero-order chi connectivity index (χ0) is 34.8. The van der Waals surface area contributed by atoms with E-state index in [2.05, 4.69) is 16.0 Å². The molecule has 0 aliphatic carbocycles. The summed E-state index contributed by atoms with van der Waals surface area (Å²) in [6.45, 7) is 1.73. The van der Waals surface area contributed by atoms with Gasteiger partial charge in [0, 0.05) is 33.5 Å². The van der Waals surface area contributed by atoms with E-state index in [1.54, 1.807) is 73.7 Å². The highest BCUT2D eigenvalue weighted by Crippen LogP contribution is 2.36. The highest BCUT2D eigenvalue weighted by atomic mass is 32.2. The highest BCUT2D eigenvalue weighted by Gasteiger charge is 2.19. The Labute approximate surface area is 282 Å². The lowest BCUT2D eigenvalue weighted by atomic mass is 10.1. The first-order valence-electron chi connectivity index (χ1n) is 14.3. The van der Waals surface area contributed by atoms with E-state index in [9.17, 15) is 22.8 Å². The van der Waals surface area contributed by atoms with Crippen LogP contribution in [0.25, 0.3) is 6.08 Å². The lowest BCUT2D eigenvalue weighted by Gasteiger charge is -2.15. The van der Waals surface area contributed by atoms with Crippen molar-refractivity contribution in [2.75, 3.05) is 32.0 Å². The van der Waals surface area contributed by atoms with Gasteiger partial charge in [-0.3, -0.25) is 14.4 Å². The van der Waals surface area contributed by atoms with Crippen LogP contribution in [0.3, 0.4) is 0 Å². The van der Waals surface area contributed by atoms with Gasteiger partial charge in [-0.25, -0.2) is 13.6 Å². The number of ether oxygens (including phenoxy) is 3. The molecule has 0 saturated heterocycles. The molecule has 250 valence electrons. The molecule has 12 nitrogen and oxygen atoms in total. The van der Waals surface area contributed by atoms with Gasteiger partial charge in [0.15, 0.2) is 11.5 Å². The Balaban J connectivity index is 1.50. The van der Waals surface area contributed by atoms with Crippen LogP contribution in [-0.2, 0) is 19.6 Å². The summed E-state index contributed by atoms with van der Waals surface area (Å²) in [5.41, 5.74) is 1.61. The monoisotopic (exact) mass is 690 g/mol. The van der Waals surface area contributed by atoms with Crippen LogP contribution < -0.4 is 35.3 Å². The van der Waals surface area contributed by atoms with Gasteiger partial charge in [0.05, 0.1) is 31.5 Å². The maximum absolute atomic E-state index is 13.6. The average molecular weight is 691 g/mol. The number of primary sulfonamides is 1. The average Bonchev–Trinajstić information content (AvgIpc) is 3.08. The second-order valence-corrected chi connectivity index (χ2v) is 13.1. The van der Waals surface area contributed by atoms with E-state index in [1.807, 2.05) is 0 Å². The largest absolute Gasteiger partial charge is 0.496 e. The lowest BCUT2D eigenvalue weighted by molar-refractivity contribution is -0.115. The summed E-state index contributed by atoms with van der Waals surface area (Å²) >= 11 is 1.29. The Morgan fingerprint density at radius 1 is 0.771 bits per heavy atom. The molecule has 0 saturated carbocycles. The predicted octanol–water partition coefficient (Wildman–Crippen LogP) is 4.89. The van der Waals surface area contributed by atoms with E-state index in [-0.39, 0.29) is 16.5 Å². The third-order valence-corrected chi connectivity index (χ3v) is 8.85. The molecule has 0 bridgehead atoms. The van der Waals surface area contributed by atoms with Crippen molar-refractivity contribution < 1.29 is 37.0 Å². The molecule has 0 radical (unpaired) electrons. The van der Waals surface area contributed by atoms with Crippen LogP contribution in [0, 0.1) is 0 Å². The van der Waals surface area contributed by atoms with Gasteiger partial charge < -0.3 is 30.2 Å². The van der Waals surface area contributed by atoms with Gasteiger partial charge in [-0.15, -0.1) is 11.8 Å². The summed E-state index contributed by atoms with van der Waals surface area (Å²) in [6, 6.07) is 24.1. The number of nitrogens with two attached hydrogens (primary N) is 1. The Morgan fingerprint density at radius 2 is 1.33 bits per heavy atom. The summed E-state index contributed by atoms with van der Waals surface area (Å²) in [6.07, 6.45) is 1.48. The first kappa shape index (κ1) is 35.5. The van der Waals surface area contributed by atoms with Crippen LogP contribution in [0.15, 0.2) is 106 Å². The summed E-state index contributed by atoms with van der Waals surface area (Å²) in [5.74, 6) is -0.181. The standard InChI is InChI=1S/C34H34N4O8S2/c1-21(32(39)36-25-12-16-27(17-13-25)48(35,42)43)47-26-14-10-24(11-15-26)37-34(41)28(38-33(40)22-8-6-5-7-9-22)18-23-19-30(45-3)31(46-4)20-29(23)44-2/h5-21H,1-4H3,(H,36,39)(H,37,41)(H,38,40)(H2,35,42,43)/b28-18-. The van der Waals surface area contributed by atoms with Crippen molar-refractivity contribution in [3.63, 3.8) is 0 Å². The number of anilines is 2. The lowest BCUT2D eigenvalue weighted by Crippen LogP contribution is -2.30. The van der Waals surface area contributed by atoms with E-state index in [4.69, 9.17) is 19.3 Å². The van der Waals surface area contributed by atoms with Gasteiger partial charge in [0.2, 0.25) is 15.9 Å². The van der Waals surface area contributed by atoms with Gasteiger partial charge in [-0.1, -0.05) is 18.2 Å². The smallest absolute Gasteiger partial charge is 0.272 e. The van der Waals surface area contributed by atoms with E-state index in [0.717, 1.165) is 4.90 Å². The van der Waals surface area contributed by atoms with Gasteiger partial charge in [0.1, 0.15) is 11.4 Å². The topological polar surface area (TPSA) is 175 Å². The molecule has 5 N–H and O–H groups in total. The van der Waals surface area contributed by atoms with Crippen LogP contribution >= 0.6 is 11.8 Å². The number of hydrogen-bond acceptors (Lipinski definition) is 9. The summed E-state index contributed by atoms with van der Waals surface area (Å²) in [7, 11) is 0.605. The summed E-state index contributed by atoms with van der Waals surface area (Å²) in [4.78, 5) is 40.1. The normalized spacial score (nSPS) is 12.0. The van der Waals surface area contributed by atoms with Gasteiger partial charge in [0.25, 0.3) is 11.8 Å². The first-order chi connectivity index (χ1) is 22.9.